The van der Waals surface area contributed by atoms with Gasteiger partial charge in [-0.2, -0.15) is 0 Å². The predicted octanol–water partition coefficient (Wildman–Crippen LogP) is 4.23. The maximum atomic E-state index is 13.5. The van der Waals surface area contributed by atoms with Crippen LogP contribution in [-0.4, -0.2) is 50.5 Å². The third-order valence-corrected chi connectivity index (χ3v) is 7.75. The van der Waals surface area contributed by atoms with E-state index < -0.39 is 0 Å². The number of ether oxygens (including phenoxy) is 1. The van der Waals surface area contributed by atoms with Gasteiger partial charge in [-0.15, -0.1) is 0 Å². The Hall–Kier alpha value is -1.85. The van der Waals surface area contributed by atoms with E-state index in [1.807, 2.05) is 11.5 Å². The molecule has 0 radical (unpaired) electrons. The summed E-state index contributed by atoms with van der Waals surface area (Å²) < 4.78 is 27.0. The molecule has 1 aromatic carbocycles. The van der Waals surface area contributed by atoms with E-state index in [1.54, 1.807) is 6.07 Å². The molecule has 2 aliphatic heterocycles. The van der Waals surface area contributed by atoms with E-state index in [0.717, 1.165) is 73.5 Å². The molecular weight excluding hydrogens is 550 g/mol. The second-order valence-corrected chi connectivity index (χ2v) is 10.1. The number of piperidine rings is 1. The summed E-state index contributed by atoms with van der Waals surface area (Å²) in [6, 6.07) is 4.62. The molecule has 1 saturated heterocycles. The number of nitrogens with zero attached hydrogens (tertiary/aromatic N) is 4. The van der Waals surface area contributed by atoms with Crippen molar-refractivity contribution in [1.29, 1.82) is 0 Å². The minimum atomic E-state index is -0.308. The van der Waals surface area contributed by atoms with E-state index in [2.05, 4.69) is 32.6 Å². The maximum absolute atomic E-state index is 13.5. The molecule has 0 saturated carbocycles. The van der Waals surface area contributed by atoms with Gasteiger partial charge >= 0.3 is 0 Å². The van der Waals surface area contributed by atoms with Crippen molar-refractivity contribution in [2.45, 2.75) is 51.5 Å². The van der Waals surface area contributed by atoms with Crippen LogP contribution in [0, 0.1) is 18.7 Å². The number of rotatable bonds is 7. The average molecular weight is 580 g/mol. The molecule has 7 nitrogen and oxygen atoms in total. The molecule has 0 aliphatic carbocycles. The number of hydrogen-bond donors (Lipinski definition) is 0. The Morgan fingerprint density at radius 2 is 2.09 bits per heavy atom. The monoisotopic (exact) mass is 580 g/mol. The summed E-state index contributed by atoms with van der Waals surface area (Å²) in [4.78, 5) is 20.5. The molecule has 182 valence electrons. The van der Waals surface area contributed by atoms with Crippen LogP contribution in [0.15, 0.2) is 27.5 Å². The number of aromatic nitrogens is 3. The molecule has 1 fully saturated rings. The van der Waals surface area contributed by atoms with E-state index >= 15 is 0 Å². The van der Waals surface area contributed by atoms with Gasteiger partial charge in [-0.1, -0.05) is 27.7 Å². The first-order valence-corrected chi connectivity index (χ1v) is 13.6. The Labute approximate surface area is 211 Å². The molecule has 0 amide bonds. The van der Waals surface area contributed by atoms with Gasteiger partial charge in [0.15, 0.2) is 5.58 Å². The summed E-state index contributed by atoms with van der Waals surface area (Å²) in [5.74, 6) is 1.29. The fourth-order valence-corrected chi connectivity index (χ4v) is 5.63. The normalized spacial score (nSPS) is 19.6. The standard InChI is InChI=1S/C25H30FIN4O3/c1-16-20(25(32)31-13-17(14-33-15-27)2-5-23(31)28-16)8-11-30-9-6-18(7-10-30)24-21-4-3-19(26)12-22(21)34-29-24/h3-4,12,17-18H,2,5-11,13-15H2,1H3. The highest BCUT2D eigenvalue weighted by atomic mass is 127. The number of halogens is 2. The first kappa shape index (κ1) is 23.9. The van der Waals surface area contributed by atoms with E-state index in [1.165, 1.54) is 12.1 Å². The van der Waals surface area contributed by atoms with Crippen LogP contribution >= 0.6 is 22.6 Å². The Morgan fingerprint density at radius 1 is 1.26 bits per heavy atom. The van der Waals surface area contributed by atoms with Gasteiger partial charge in [-0.3, -0.25) is 9.36 Å². The van der Waals surface area contributed by atoms with E-state index in [0.29, 0.717) is 41.6 Å². The van der Waals surface area contributed by atoms with Crippen molar-refractivity contribution in [2.24, 2.45) is 5.92 Å². The van der Waals surface area contributed by atoms with Crippen molar-refractivity contribution in [3.8, 4) is 0 Å². The lowest BCUT2D eigenvalue weighted by molar-refractivity contribution is 0.124. The topological polar surface area (TPSA) is 73.4 Å². The molecule has 3 aromatic rings. The summed E-state index contributed by atoms with van der Waals surface area (Å²) in [6.45, 7) is 6.09. The lowest BCUT2D eigenvalue weighted by atomic mass is 9.91. The number of fused-ring (bicyclic) bond motifs is 2. The number of aryl methyl sites for hydroxylation is 2. The van der Waals surface area contributed by atoms with Gasteiger partial charge in [-0.25, -0.2) is 9.37 Å². The third kappa shape index (κ3) is 4.92. The molecule has 1 atom stereocenters. The highest BCUT2D eigenvalue weighted by Gasteiger charge is 2.26. The Kier molecular flexibility index (Phi) is 7.31. The average Bonchev–Trinajstić information content (AvgIpc) is 3.26. The minimum Gasteiger partial charge on any atom is -0.371 e. The molecule has 0 bridgehead atoms. The molecule has 9 heteroatoms. The predicted molar refractivity (Wildman–Crippen MR) is 136 cm³/mol. The molecular formula is C25H30FIN4O3. The summed E-state index contributed by atoms with van der Waals surface area (Å²) in [6.07, 6.45) is 4.51. The lowest BCUT2D eigenvalue weighted by Gasteiger charge is -2.31. The summed E-state index contributed by atoms with van der Waals surface area (Å²) in [5.41, 5.74) is 3.28. The summed E-state index contributed by atoms with van der Waals surface area (Å²) >= 11 is 2.21. The fraction of sp³-hybridized carbons (Fsp3) is 0.560. The van der Waals surface area contributed by atoms with Crippen LogP contribution in [0.5, 0.6) is 0 Å². The van der Waals surface area contributed by atoms with Crippen LogP contribution in [-0.2, 0) is 24.1 Å². The molecule has 2 aromatic heterocycles. The van der Waals surface area contributed by atoms with Gasteiger partial charge in [0.1, 0.15) is 11.6 Å². The van der Waals surface area contributed by atoms with Crippen molar-refractivity contribution < 1.29 is 13.7 Å². The van der Waals surface area contributed by atoms with Crippen LogP contribution in [0.3, 0.4) is 0 Å². The van der Waals surface area contributed by atoms with Gasteiger partial charge < -0.3 is 14.2 Å². The minimum absolute atomic E-state index is 0.123. The molecule has 0 N–H and O–H groups in total. The molecule has 1 unspecified atom stereocenters. The van der Waals surface area contributed by atoms with Crippen molar-refractivity contribution in [1.82, 2.24) is 19.6 Å². The van der Waals surface area contributed by atoms with E-state index in [9.17, 15) is 9.18 Å². The van der Waals surface area contributed by atoms with Crippen LogP contribution in [0.1, 0.15) is 48.0 Å². The number of likely N-dealkylation sites (tertiary alicyclic amines) is 1. The molecule has 0 spiro atoms. The van der Waals surface area contributed by atoms with Crippen molar-refractivity contribution >= 4 is 33.6 Å². The maximum Gasteiger partial charge on any atom is 0.256 e. The zero-order valence-electron chi connectivity index (χ0n) is 19.4. The van der Waals surface area contributed by atoms with Gasteiger partial charge in [0.2, 0.25) is 0 Å². The molecule has 4 heterocycles. The molecule has 34 heavy (non-hydrogen) atoms. The lowest BCUT2D eigenvalue weighted by Crippen LogP contribution is -2.39. The summed E-state index contributed by atoms with van der Waals surface area (Å²) in [7, 11) is 0. The Morgan fingerprint density at radius 3 is 2.88 bits per heavy atom. The van der Waals surface area contributed by atoms with Gasteiger partial charge in [0.05, 0.1) is 16.9 Å². The highest BCUT2D eigenvalue weighted by Crippen LogP contribution is 2.32. The Bertz CT molecular complexity index is 1220. The first-order valence-electron chi connectivity index (χ1n) is 12.0. The van der Waals surface area contributed by atoms with Gasteiger partial charge in [0, 0.05) is 54.1 Å². The van der Waals surface area contributed by atoms with Crippen molar-refractivity contribution in [2.75, 3.05) is 30.9 Å². The molecule has 2 aliphatic rings. The van der Waals surface area contributed by atoms with Gasteiger partial charge in [-0.05, 0) is 57.8 Å². The Balaban J connectivity index is 1.21. The zero-order chi connectivity index (χ0) is 23.7. The third-order valence-electron chi connectivity index (χ3n) is 7.31. The van der Waals surface area contributed by atoms with Crippen molar-refractivity contribution in [3.05, 3.63) is 57.1 Å². The van der Waals surface area contributed by atoms with Crippen LogP contribution in [0.25, 0.3) is 11.0 Å². The quantitative estimate of drug-likeness (QED) is 0.308. The van der Waals surface area contributed by atoms with Crippen LogP contribution in [0.2, 0.25) is 0 Å². The largest absolute Gasteiger partial charge is 0.371 e. The number of alkyl halides is 1. The van der Waals surface area contributed by atoms with Gasteiger partial charge in [0.25, 0.3) is 5.56 Å². The van der Waals surface area contributed by atoms with E-state index in [-0.39, 0.29) is 11.4 Å². The SMILES string of the molecule is Cc1nc2n(c(=O)c1CCN1CCC(c3noc4cc(F)ccc34)CC1)CC(COCI)CC2. The van der Waals surface area contributed by atoms with Crippen LogP contribution in [0.4, 0.5) is 4.39 Å². The molecule has 5 rings (SSSR count). The highest BCUT2D eigenvalue weighted by molar-refractivity contribution is 14.1. The number of hydrogen-bond acceptors (Lipinski definition) is 6. The van der Waals surface area contributed by atoms with Crippen molar-refractivity contribution in [3.63, 3.8) is 0 Å². The first-order chi connectivity index (χ1) is 16.5. The summed E-state index contributed by atoms with van der Waals surface area (Å²) in [5, 5.41) is 5.15. The second-order valence-electron chi connectivity index (χ2n) is 9.47. The van der Waals surface area contributed by atoms with Crippen LogP contribution < -0.4 is 5.56 Å². The fourth-order valence-electron chi connectivity index (χ4n) is 5.38. The second kappa shape index (κ2) is 10.4. The zero-order valence-corrected chi connectivity index (χ0v) is 21.6. The number of benzene rings is 1. The smallest absolute Gasteiger partial charge is 0.256 e. The van der Waals surface area contributed by atoms with E-state index in [4.69, 9.17) is 14.2 Å².